The van der Waals surface area contributed by atoms with Crippen molar-refractivity contribution in [3.63, 3.8) is 0 Å². The zero-order chi connectivity index (χ0) is 28.9. The highest BCUT2D eigenvalue weighted by Crippen LogP contribution is 2.34. The Hall–Kier alpha value is -2.32. The Labute approximate surface area is 223 Å². The molecule has 2 aliphatic heterocycles. The van der Waals surface area contributed by atoms with Crippen molar-refractivity contribution in [2.75, 3.05) is 13.7 Å². The Balaban J connectivity index is 2.28. The topological polar surface area (TPSA) is 136 Å². The number of aliphatic hydroxyl groups excluding tert-OH is 2. The lowest BCUT2D eigenvalue weighted by Crippen LogP contribution is -2.48. The lowest BCUT2D eigenvalue weighted by atomic mass is 9.75. The Morgan fingerprint density at radius 2 is 1.97 bits per heavy atom. The van der Waals surface area contributed by atoms with Crippen molar-refractivity contribution in [3.05, 3.63) is 35.7 Å². The smallest absolute Gasteiger partial charge is 0.301 e. The van der Waals surface area contributed by atoms with E-state index >= 15 is 0 Å². The number of aliphatic imine (C=N–C) groups is 1. The van der Waals surface area contributed by atoms with Crippen LogP contribution < -0.4 is 10.6 Å². The molecule has 213 valence electrons. The van der Waals surface area contributed by atoms with Gasteiger partial charge in [-0.15, -0.1) is 0 Å². The zero-order valence-electron chi connectivity index (χ0n) is 23.0. The SMILES string of the molecule is COC(O)NC(C(=O)N1CC(F)(F)C[C@H]1C1=NC(O)/C=C/C([B]OC(C)(C)C(C)(C)O)C/C=C/N1)=C(C)C. The highest BCUT2D eigenvalue weighted by atomic mass is 19.3. The molecule has 2 aliphatic rings. The van der Waals surface area contributed by atoms with Gasteiger partial charge in [-0.05, 0) is 71.6 Å². The molecule has 0 saturated carbocycles. The summed E-state index contributed by atoms with van der Waals surface area (Å²) in [5, 5.41) is 36.0. The van der Waals surface area contributed by atoms with Crippen molar-refractivity contribution in [2.24, 2.45) is 4.99 Å². The van der Waals surface area contributed by atoms with E-state index in [1.54, 1.807) is 61.2 Å². The number of likely N-dealkylation sites (tertiary alicyclic amines) is 1. The van der Waals surface area contributed by atoms with Crippen LogP contribution in [-0.4, -0.2) is 88.9 Å². The highest BCUT2D eigenvalue weighted by molar-refractivity contribution is 6.30. The standard InChI is InChI=1S/C25H40BF2N4O6/c1-15(2)19(31-22(35)37-7)21(34)32-14-25(27,28)13-17(32)20-29-12-8-9-16(10-11-18(33)30-20)26-38-24(5,6)23(3,4)36/h8,10-12,16-18,22,31,33,35-36H,9,13-14H2,1-7H3,(H,29,30)/b11-10+,12-8+/t16?,17-,18?,22?/m0/s1. The van der Waals surface area contributed by atoms with E-state index in [0.29, 0.717) is 12.0 Å². The Morgan fingerprint density at radius 3 is 2.55 bits per heavy atom. The summed E-state index contributed by atoms with van der Waals surface area (Å²) in [7, 11) is 2.79. The number of amidine groups is 1. The molecule has 5 N–H and O–H groups in total. The summed E-state index contributed by atoms with van der Waals surface area (Å²) >= 11 is 0. The summed E-state index contributed by atoms with van der Waals surface area (Å²) < 4.78 is 39.7. The maximum absolute atomic E-state index is 14.6. The molecular weight excluding hydrogens is 501 g/mol. The Morgan fingerprint density at radius 1 is 1.32 bits per heavy atom. The second-order valence-electron chi connectivity index (χ2n) is 10.7. The molecule has 38 heavy (non-hydrogen) atoms. The number of rotatable bonds is 9. The van der Waals surface area contributed by atoms with E-state index < -0.39 is 54.7 Å². The maximum atomic E-state index is 14.6. The average Bonchev–Trinajstić information content (AvgIpc) is 3.14. The van der Waals surface area contributed by atoms with E-state index in [9.17, 15) is 28.9 Å². The number of halogens is 2. The van der Waals surface area contributed by atoms with Crippen LogP contribution in [0, 0.1) is 0 Å². The molecule has 13 heteroatoms. The van der Waals surface area contributed by atoms with Crippen molar-refractivity contribution in [2.45, 2.75) is 96.0 Å². The summed E-state index contributed by atoms with van der Waals surface area (Å²) in [4.78, 5) is 18.4. The number of hydrogen-bond acceptors (Lipinski definition) is 9. The van der Waals surface area contributed by atoms with Gasteiger partial charge < -0.3 is 40.2 Å². The minimum Gasteiger partial charge on any atom is -0.432 e. The highest BCUT2D eigenvalue weighted by Gasteiger charge is 2.50. The van der Waals surface area contributed by atoms with Crippen molar-refractivity contribution >= 4 is 19.2 Å². The molecule has 3 unspecified atom stereocenters. The van der Waals surface area contributed by atoms with Crippen LogP contribution in [0.3, 0.4) is 0 Å². The molecule has 2 rings (SSSR count). The van der Waals surface area contributed by atoms with Gasteiger partial charge in [-0.3, -0.25) is 4.79 Å². The molecule has 0 bridgehead atoms. The van der Waals surface area contributed by atoms with E-state index in [-0.39, 0.29) is 17.3 Å². The van der Waals surface area contributed by atoms with E-state index in [0.717, 1.165) is 4.90 Å². The first-order chi connectivity index (χ1) is 17.5. The molecule has 0 aliphatic carbocycles. The number of amides is 1. The maximum Gasteiger partial charge on any atom is 0.301 e. The molecule has 4 atom stereocenters. The van der Waals surface area contributed by atoms with E-state index in [1.165, 1.54) is 19.4 Å². The molecular formula is C25H40BF2N4O6. The predicted molar refractivity (Wildman–Crippen MR) is 140 cm³/mol. The van der Waals surface area contributed by atoms with Crippen LogP contribution in [-0.2, 0) is 14.2 Å². The molecule has 1 amide bonds. The number of nitrogens with zero attached hydrogens (tertiary/aromatic N) is 2. The summed E-state index contributed by atoms with van der Waals surface area (Å²) in [5.74, 6) is -4.23. The number of hydrogen-bond donors (Lipinski definition) is 5. The molecule has 0 aromatic rings. The first kappa shape index (κ1) is 31.9. The summed E-state index contributed by atoms with van der Waals surface area (Å²) in [6.07, 6.45) is 3.18. The summed E-state index contributed by atoms with van der Waals surface area (Å²) in [6, 6.07) is -1.17. The van der Waals surface area contributed by atoms with Crippen LogP contribution in [0.5, 0.6) is 0 Å². The second-order valence-corrected chi connectivity index (χ2v) is 10.7. The van der Waals surface area contributed by atoms with Gasteiger partial charge in [0.2, 0.25) is 6.41 Å². The van der Waals surface area contributed by atoms with Crippen molar-refractivity contribution < 1.29 is 38.3 Å². The molecule has 1 saturated heterocycles. The molecule has 0 aromatic carbocycles. The van der Waals surface area contributed by atoms with Crippen molar-refractivity contribution in [1.29, 1.82) is 0 Å². The van der Waals surface area contributed by atoms with Gasteiger partial charge in [0.1, 0.15) is 11.5 Å². The fraction of sp³-hybridized carbons (Fsp3) is 0.680. The number of alkyl halides is 2. The lowest BCUT2D eigenvalue weighted by molar-refractivity contribution is -0.132. The number of aliphatic hydroxyl groups is 3. The van der Waals surface area contributed by atoms with Gasteiger partial charge in [0.15, 0.2) is 6.23 Å². The number of methoxy groups -OCH3 is 1. The minimum atomic E-state index is -3.19. The van der Waals surface area contributed by atoms with Gasteiger partial charge in [-0.25, -0.2) is 13.8 Å². The number of nitrogens with one attached hydrogen (secondary N) is 2. The normalized spacial score (nSPS) is 26.5. The number of allylic oxidation sites excluding steroid dienone is 3. The quantitative estimate of drug-likeness (QED) is 0.129. The zero-order valence-corrected chi connectivity index (χ0v) is 23.0. The number of ether oxygens (including phenoxy) is 1. The fourth-order valence-electron chi connectivity index (χ4n) is 3.62. The van der Waals surface area contributed by atoms with Gasteiger partial charge in [0.05, 0.1) is 23.8 Å². The van der Waals surface area contributed by atoms with Crippen LogP contribution in [0.2, 0.25) is 5.82 Å². The number of carbonyl (C=O) groups is 1. The second kappa shape index (κ2) is 12.7. The first-order valence-electron chi connectivity index (χ1n) is 12.4. The summed E-state index contributed by atoms with van der Waals surface area (Å²) in [5.41, 5.74) is -1.59. The third kappa shape index (κ3) is 8.60. The Bertz CT molecular complexity index is 960. The molecule has 1 fully saturated rings. The van der Waals surface area contributed by atoms with Gasteiger partial charge >= 0.3 is 7.48 Å². The first-order valence-corrected chi connectivity index (χ1v) is 12.4. The monoisotopic (exact) mass is 541 g/mol. The van der Waals surface area contributed by atoms with Gasteiger partial charge in [-0.1, -0.05) is 12.2 Å². The fourth-order valence-corrected chi connectivity index (χ4v) is 3.62. The molecule has 10 nitrogen and oxygen atoms in total. The summed E-state index contributed by atoms with van der Waals surface area (Å²) in [6.45, 7) is 9.14. The third-order valence-electron chi connectivity index (χ3n) is 6.62. The third-order valence-corrected chi connectivity index (χ3v) is 6.62. The minimum absolute atomic E-state index is 0.00818. The van der Waals surface area contributed by atoms with Crippen LogP contribution >= 0.6 is 0 Å². The Kier molecular flexibility index (Phi) is 10.7. The molecule has 1 radical (unpaired) electrons. The molecule has 2 heterocycles. The van der Waals surface area contributed by atoms with Crippen molar-refractivity contribution in [3.8, 4) is 0 Å². The average molecular weight is 541 g/mol. The van der Waals surface area contributed by atoms with Gasteiger partial charge in [-0.2, -0.15) is 0 Å². The van der Waals surface area contributed by atoms with E-state index in [1.807, 2.05) is 0 Å². The van der Waals surface area contributed by atoms with Crippen LogP contribution in [0.1, 0.15) is 54.4 Å². The lowest BCUT2D eigenvalue weighted by Gasteiger charge is -2.38. The molecule has 0 spiro atoms. The molecule has 0 aromatic heterocycles. The van der Waals surface area contributed by atoms with E-state index in [2.05, 4.69) is 15.6 Å². The largest absolute Gasteiger partial charge is 0.432 e. The van der Waals surface area contributed by atoms with Crippen molar-refractivity contribution in [1.82, 2.24) is 15.5 Å². The van der Waals surface area contributed by atoms with Gasteiger partial charge in [0, 0.05) is 13.5 Å². The van der Waals surface area contributed by atoms with E-state index in [4.69, 9.17) is 9.39 Å². The predicted octanol–water partition coefficient (Wildman–Crippen LogP) is 1.78. The van der Waals surface area contributed by atoms with Crippen LogP contribution in [0.25, 0.3) is 0 Å². The van der Waals surface area contributed by atoms with Crippen LogP contribution in [0.15, 0.2) is 40.7 Å². The van der Waals surface area contributed by atoms with Gasteiger partial charge in [0.25, 0.3) is 11.8 Å². The number of carbonyl (C=O) groups excluding carboxylic acids is 1. The van der Waals surface area contributed by atoms with Crippen LogP contribution in [0.4, 0.5) is 8.78 Å².